The molecule has 0 aliphatic heterocycles. The summed E-state index contributed by atoms with van der Waals surface area (Å²) >= 11 is -1.76. The molecule has 4 aromatic rings. The number of methoxy groups -OCH3 is 1. The third-order valence-corrected chi connectivity index (χ3v) is 8.96. The number of carbonyl (C=O) groups excluding carboxylic acids is 2. The third-order valence-electron chi connectivity index (χ3n) is 5.75. The topological polar surface area (TPSA) is 177 Å². The molecule has 218 valence electrons. The minimum Gasteiger partial charge on any atom is -1.00 e. The average molecular weight is 664 g/mol. The Labute approximate surface area is 301 Å². The molecule has 1 heterocycles. The predicted molar refractivity (Wildman–Crippen MR) is 155 cm³/mol. The smallest absolute Gasteiger partial charge is 1.00 e. The first kappa shape index (κ1) is 37.3. The van der Waals surface area contributed by atoms with Crippen molar-refractivity contribution >= 4 is 66.1 Å². The van der Waals surface area contributed by atoms with Crippen LogP contribution in [0.5, 0.6) is 5.75 Å². The number of benzene rings is 3. The largest absolute Gasteiger partial charge is 1.00 e. The number of carbonyl (C=O) groups is 2. The Morgan fingerprint density at radius 2 is 1.77 bits per heavy atom. The second kappa shape index (κ2) is 15.9. The maximum Gasteiger partial charge on any atom is 1.00 e. The first-order valence-electron chi connectivity index (χ1n) is 11.8. The number of nitrogens with zero attached hydrogens (tertiary/aromatic N) is 3. The number of aryl methyl sites for hydroxylation is 2. The van der Waals surface area contributed by atoms with E-state index in [2.05, 4.69) is 30.2 Å². The molecule has 0 fully saturated rings. The molecule has 0 radical (unpaired) electrons. The Hall–Kier alpha value is -1.89. The van der Waals surface area contributed by atoms with Gasteiger partial charge >= 0.3 is 69.2 Å². The summed E-state index contributed by atoms with van der Waals surface area (Å²) in [5.41, 5.74) is 3.41. The maximum absolute atomic E-state index is 13.0. The van der Waals surface area contributed by atoms with Gasteiger partial charge in [-0.3, -0.25) is 9.59 Å². The van der Waals surface area contributed by atoms with Crippen LogP contribution in [0.1, 0.15) is 20.9 Å². The number of nitrogens with one attached hydrogen (secondary N) is 1. The van der Waals surface area contributed by atoms with Gasteiger partial charge < -0.3 is 17.5 Å². The molecule has 0 saturated heterocycles. The van der Waals surface area contributed by atoms with Gasteiger partial charge in [0.05, 0.1) is 28.7 Å². The van der Waals surface area contributed by atoms with Crippen molar-refractivity contribution in [2.45, 2.75) is 31.7 Å². The van der Waals surface area contributed by atoms with Crippen molar-refractivity contribution in [3.8, 4) is 16.3 Å². The van der Waals surface area contributed by atoms with Gasteiger partial charge in [-0.25, -0.2) is 9.19 Å². The Balaban J connectivity index is 0.00000484. The van der Waals surface area contributed by atoms with Crippen molar-refractivity contribution in [2.24, 2.45) is 10.2 Å². The van der Waals surface area contributed by atoms with E-state index in [0.29, 0.717) is 5.69 Å². The third kappa shape index (κ3) is 9.31. The quantitative estimate of drug-likeness (QED) is 0.0966. The molecule has 2 atom stereocenters. The van der Waals surface area contributed by atoms with Crippen LogP contribution in [0.3, 0.4) is 0 Å². The standard InChI is InChI=1S/C26H24N4O8S3.2Na.2H/c1-14-5-10-19-22(11-14)39-26(28-19)17-6-8-18(9-7-17)29-30-24(16(3)31)25(32)27-20-12-15(2)23(13-21(20)37-4)41(35,36)38-40(33)34;;;;/h5-13,24H,1-4H3,(H,27,32)(H,33,34);;;;/q;2*+1;2*-1/p-1. The molecule has 0 aliphatic rings. The fourth-order valence-corrected chi connectivity index (χ4v) is 6.44. The minimum atomic E-state index is -4.66. The molecule has 3 aromatic carbocycles. The molecular formula is C26H25N4Na2O8S3-. The molecule has 0 spiro atoms. The normalized spacial score (nSPS) is 12.7. The van der Waals surface area contributed by atoms with Crippen molar-refractivity contribution in [1.29, 1.82) is 0 Å². The second-order valence-electron chi connectivity index (χ2n) is 8.80. The summed E-state index contributed by atoms with van der Waals surface area (Å²) in [6.07, 6.45) is 0. The minimum absolute atomic E-state index is 0. The van der Waals surface area contributed by atoms with Crippen LogP contribution in [0.25, 0.3) is 20.8 Å². The first-order valence-corrected chi connectivity index (χ1v) is 15.0. The van der Waals surface area contributed by atoms with Gasteiger partial charge in [-0.15, -0.1) is 11.3 Å². The Morgan fingerprint density at radius 1 is 1.09 bits per heavy atom. The fourth-order valence-electron chi connectivity index (χ4n) is 3.78. The van der Waals surface area contributed by atoms with Crippen molar-refractivity contribution in [3.05, 3.63) is 65.7 Å². The number of hydrogen-bond acceptors (Lipinski definition) is 12. The molecule has 43 heavy (non-hydrogen) atoms. The zero-order valence-corrected chi connectivity index (χ0v) is 30.6. The van der Waals surface area contributed by atoms with Crippen molar-refractivity contribution in [1.82, 2.24) is 4.98 Å². The summed E-state index contributed by atoms with van der Waals surface area (Å²) in [4.78, 5) is 29.4. The zero-order chi connectivity index (χ0) is 29.9. The fraction of sp³-hybridized carbons (Fsp3) is 0.192. The van der Waals surface area contributed by atoms with E-state index < -0.39 is 44.1 Å². The number of Topliss-reactive ketones (excluding diaryl/α,β-unsaturated/α-hetero) is 1. The molecule has 2 unspecified atom stereocenters. The molecule has 1 N–H and O–H groups in total. The zero-order valence-electron chi connectivity index (χ0n) is 26.1. The van der Waals surface area contributed by atoms with Crippen LogP contribution in [0.15, 0.2) is 69.7 Å². The molecule has 0 bridgehead atoms. The molecule has 4 rings (SSSR count). The molecular weight excluding hydrogens is 638 g/mol. The number of azo groups is 1. The van der Waals surface area contributed by atoms with E-state index in [-0.39, 0.29) is 79.0 Å². The number of ether oxygens (including phenoxy) is 1. The summed E-state index contributed by atoms with van der Waals surface area (Å²) in [5, 5.41) is 11.3. The van der Waals surface area contributed by atoms with E-state index >= 15 is 0 Å². The number of hydrogen-bond donors (Lipinski definition) is 1. The van der Waals surface area contributed by atoms with Crippen molar-refractivity contribution in [3.63, 3.8) is 0 Å². The number of fused-ring (bicyclic) bond motifs is 1. The van der Waals surface area contributed by atoms with Gasteiger partial charge in [0.15, 0.2) is 5.78 Å². The van der Waals surface area contributed by atoms with Crippen molar-refractivity contribution in [2.75, 3.05) is 12.4 Å². The van der Waals surface area contributed by atoms with Crippen LogP contribution in [0.4, 0.5) is 11.4 Å². The van der Waals surface area contributed by atoms with Gasteiger partial charge in [-0.1, -0.05) is 6.07 Å². The molecule has 0 saturated carbocycles. The maximum atomic E-state index is 13.0. The Morgan fingerprint density at radius 3 is 2.37 bits per heavy atom. The number of amides is 1. The van der Waals surface area contributed by atoms with Crippen LogP contribution in [-0.2, 0) is 34.7 Å². The predicted octanol–water partition coefficient (Wildman–Crippen LogP) is -0.999. The molecule has 12 nitrogen and oxygen atoms in total. The first-order chi connectivity index (χ1) is 19.4. The summed E-state index contributed by atoms with van der Waals surface area (Å²) in [6.45, 7) is 4.56. The van der Waals surface area contributed by atoms with E-state index in [9.17, 15) is 26.8 Å². The van der Waals surface area contributed by atoms with E-state index in [1.807, 2.05) is 31.2 Å². The summed E-state index contributed by atoms with van der Waals surface area (Å²) in [6, 6.07) is 13.8. The van der Waals surface area contributed by atoms with E-state index in [0.717, 1.165) is 32.4 Å². The monoisotopic (exact) mass is 663 g/mol. The molecule has 17 heteroatoms. The van der Waals surface area contributed by atoms with Crippen LogP contribution in [0.2, 0.25) is 0 Å². The number of thiazole rings is 1. The number of aromatic nitrogens is 1. The van der Waals surface area contributed by atoms with Crippen LogP contribution in [0, 0.1) is 13.8 Å². The van der Waals surface area contributed by atoms with Gasteiger partial charge in [-0.05, 0) is 74.4 Å². The van der Waals surface area contributed by atoms with E-state index in [1.165, 1.54) is 27.0 Å². The SMILES string of the molecule is COc1cc(S(=O)(=O)OS(=O)[O-])c(C)cc1NC(=O)C(N=Nc1ccc(-c2nc3ccc(C)cc3s2)cc1)C(C)=O.[H-].[H-].[Na+].[Na+]. The summed E-state index contributed by atoms with van der Waals surface area (Å²) < 4.78 is 56.1. The summed E-state index contributed by atoms with van der Waals surface area (Å²) in [7, 11) is -3.45. The molecule has 1 amide bonds. The van der Waals surface area contributed by atoms with Gasteiger partial charge in [0.1, 0.15) is 27.0 Å². The average Bonchev–Trinajstić information content (AvgIpc) is 3.31. The number of rotatable bonds is 10. The van der Waals surface area contributed by atoms with Gasteiger partial charge in [0.2, 0.25) is 6.04 Å². The van der Waals surface area contributed by atoms with Crippen LogP contribution < -0.4 is 69.2 Å². The van der Waals surface area contributed by atoms with Crippen molar-refractivity contribution < 1.29 is 97.1 Å². The molecule has 1 aromatic heterocycles. The van der Waals surface area contributed by atoms with Crippen LogP contribution >= 0.6 is 11.3 Å². The van der Waals surface area contributed by atoms with Crippen LogP contribution in [-0.4, -0.2) is 47.0 Å². The Bertz CT molecular complexity index is 1820. The Kier molecular flexibility index (Phi) is 13.8. The number of anilines is 1. The second-order valence-corrected chi connectivity index (χ2v) is 12.1. The summed E-state index contributed by atoms with van der Waals surface area (Å²) in [5.74, 6) is -1.55. The van der Waals surface area contributed by atoms with Gasteiger partial charge in [0, 0.05) is 11.6 Å². The van der Waals surface area contributed by atoms with Gasteiger partial charge in [0.25, 0.3) is 5.91 Å². The number of ketones is 1. The van der Waals surface area contributed by atoms with E-state index in [4.69, 9.17) is 4.74 Å². The van der Waals surface area contributed by atoms with E-state index in [1.54, 1.807) is 23.5 Å². The van der Waals surface area contributed by atoms with Gasteiger partial charge in [-0.2, -0.15) is 22.3 Å². The molecule has 0 aliphatic carbocycles.